The summed E-state index contributed by atoms with van der Waals surface area (Å²) in [6.07, 6.45) is 0. The van der Waals surface area contributed by atoms with E-state index in [9.17, 15) is 9.59 Å². The van der Waals surface area contributed by atoms with Gasteiger partial charge in [-0.2, -0.15) is 0 Å². The summed E-state index contributed by atoms with van der Waals surface area (Å²) in [5, 5.41) is 8.33. The molecule has 0 aliphatic rings. The van der Waals surface area contributed by atoms with Gasteiger partial charge in [-0.25, -0.2) is 0 Å². The van der Waals surface area contributed by atoms with Crippen LogP contribution in [0.2, 0.25) is 5.02 Å². The summed E-state index contributed by atoms with van der Waals surface area (Å²) in [6, 6.07) is 18.2. The number of anilines is 2. The van der Waals surface area contributed by atoms with Crippen LogP contribution in [0, 0.1) is 0 Å². The highest BCUT2D eigenvalue weighted by atomic mass is 35.5. The van der Waals surface area contributed by atoms with Crippen molar-refractivity contribution < 1.29 is 14.3 Å². The quantitative estimate of drug-likeness (QED) is 0.588. The van der Waals surface area contributed by atoms with Crippen LogP contribution in [0.15, 0.2) is 60.7 Å². The molecule has 0 spiro atoms. The van der Waals surface area contributed by atoms with Crippen molar-refractivity contribution >= 4 is 45.6 Å². The van der Waals surface area contributed by atoms with Crippen molar-refractivity contribution in [3.63, 3.8) is 0 Å². The number of nitrogens with one attached hydrogen (secondary N) is 2. The summed E-state index contributed by atoms with van der Waals surface area (Å²) in [5.41, 5.74) is 1.20. The molecule has 3 rings (SSSR count). The van der Waals surface area contributed by atoms with Gasteiger partial charge >= 0.3 is 0 Å². The van der Waals surface area contributed by atoms with Crippen molar-refractivity contribution in [3.05, 3.63) is 65.7 Å². The predicted molar refractivity (Wildman–Crippen MR) is 121 cm³/mol. The summed E-state index contributed by atoms with van der Waals surface area (Å²) in [7, 11) is 3.24. The van der Waals surface area contributed by atoms with Crippen LogP contribution in [-0.2, 0) is 9.59 Å². The van der Waals surface area contributed by atoms with E-state index in [2.05, 4.69) is 10.6 Å². The highest BCUT2D eigenvalue weighted by Crippen LogP contribution is 2.27. The smallest absolute Gasteiger partial charge is 0.241 e. The number of amides is 2. The lowest BCUT2D eigenvalue weighted by atomic mass is 10.1. The number of nitrogens with zero attached hydrogens (tertiary/aromatic N) is 1. The molecule has 1 atom stereocenters. The van der Waals surface area contributed by atoms with E-state index >= 15 is 0 Å². The molecule has 3 aromatic rings. The number of ether oxygens (including phenoxy) is 1. The number of hydrogen-bond donors (Lipinski definition) is 2. The van der Waals surface area contributed by atoms with Gasteiger partial charge in [0, 0.05) is 10.7 Å². The van der Waals surface area contributed by atoms with E-state index in [4.69, 9.17) is 16.3 Å². The van der Waals surface area contributed by atoms with E-state index in [-0.39, 0.29) is 18.4 Å². The summed E-state index contributed by atoms with van der Waals surface area (Å²) in [4.78, 5) is 26.8. The maximum absolute atomic E-state index is 12.7. The van der Waals surface area contributed by atoms with Crippen molar-refractivity contribution in [2.75, 3.05) is 31.3 Å². The first kappa shape index (κ1) is 21.6. The van der Waals surface area contributed by atoms with Crippen LogP contribution in [0.25, 0.3) is 10.8 Å². The molecule has 0 aromatic heterocycles. The molecule has 0 aliphatic heterocycles. The lowest BCUT2D eigenvalue weighted by Crippen LogP contribution is -2.43. The maximum atomic E-state index is 12.7. The number of likely N-dealkylation sites (N-methyl/N-ethyl adjacent to an activating group) is 1. The van der Waals surface area contributed by atoms with E-state index in [1.165, 1.54) is 7.11 Å². The lowest BCUT2D eigenvalue weighted by molar-refractivity contribution is -0.122. The van der Waals surface area contributed by atoms with Gasteiger partial charge < -0.3 is 15.4 Å². The van der Waals surface area contributed by atoms with Gasteiger partial charge in [0.25, 0.3) is 0 Å². The number of rotatable bonds is 7. The van der Waals surface area contributed by atoms with E-state index < -0.39 is 6.04 Å². The molecule has 0 saturated carbocycles. The monoisotopic (exact) mass is 425 g/mol. The fraction of sp³-hybridized carbons (Fsp3) is 0.217. The number of hydrogen-bond acceptors (Lipinski definition) is 4. The number of carbonyl (C=O) groups excluding carboxylic acids is 2. The van der Waals surface area contributed by atoms with Crippen LogP contribution in [-0.4, -0.2) is 43.5 Å². The van der Waals surface area contributed by atoms with Crippen LogP contribution in [0.1, 0.15) is 6.92 Å². The average molecular weight is 426 g/mol. The topological polar surface area (TPSA) is 70.7 Å². The third-order valence-electron chi connectivity index (χ3n) is 4.89. The molecule has 2 amide bonds. The molecule has 1 unspecified atom stereocenters. The van der Waals surface area contributed by atoms with Crippen molar-refractivity contribution in [2.45, 2.75) is 13.0 Å². The highest BCUT2D eigenvalue weighted by Gasteiger charge is 2.21. The Bertz CT molecular complexity index is 1070. The molecule has 0 saturated heterocycles. The molecule has 2 N–H and O–H groups in total. The normalized spacial score (nSPS) is 11.9. The van der Waals surface area contributed by atoms with Crippen molar-refractivity contribution in [2.24, 2.45) is 0 Å². The Hall–Kier alpha value is -3.09. The summed E-state index contributed by atoms with van der Waals surface area (Å²) < 4.78 is 5.24. The SMILES string of the molecule is COc1ccc(Cl)cc1NC(=O)CN(C)C(C)C(=O)Nc1ccc2ccccc2c1. The van der Waals surface area contributed by atoms with Gasteiger partial charge in [-0.15, -0.1) is 0 Å². The van der Waals surface area contributed by atoms with Gasteiger partial charge in [-0.05, 0) is 55.1 Å². The number of methoxy groups -OCH3 is 1. The Morgan fingerprint density at radius 2 is 1.77 bits per heavy atom. The number of halogens is 1. The van der Waals surface area contributed by atoms with Crippen LogP contribution < -0.4 is 15.4 Å². The largest absolute Gasteiger partial charge is 0.495 e. The van der Waals surface area contributed by atoms with Gasteiger partial charge in [0.15, 0.2) is 0 Å². The minimum Gasteiger partial charge on any atom is -0.495 e. The Balaban J connectivity index is 1.60. The standard InChI is InChI=1S/C23H24ClN3O3/c1-15(23(29)25-19-10-8-16-6-4-5-7-17(16)12-19)27(2)14-22(28)26-20-13-18(24)9-11-21(20)30-3/h4-13,15H,14H2,1-3H3,(H,25,29)(H,26,28). The average Bonchev–Trinajstić information content (AvgIpc) is 2.73. The molecule has 156 valence electrons. The second-order valence-corrected chi connectivity index (χ2v) is 7.47. The Morgan fingerprint density at radius 3 is 2.50 bits per heavy atom. The predicted octanol–water partition coefficient (Wildman–Crippen LogP) is 4.40. The molecule has 6 nitrogen and oxygen atoms in total. The molecule has 30 heavy (non-hydrogen) atoms. The minimum absolute atomic E-state index is 0.0297. The second-order valence-electron chi connectivity index (χ2n) is 7.04. The fourth-order valence-electron chi connectivity index (χ4n) is 3.05. The van der Waals surface area contributed by atoms with Gasteiger partial charge in [-0.3, -0.25) is 14.5 Å². The van der Waals surface area contributed by atoms with Crippen LogP contribution in [0.4, 0.5) is 11.4 Å². The van der Waals surface area contributed by atoms with E-state index in [1.54, 1.807) is 37.1 Å². The molecular weight excluding hydrogens is 402 g/mol. The van der Waals surface area contributed by atoms with Crippen molar-refractivity contribution in [3.8, 4) is 5.75 Å². The van der Waals surface area contributed by atoms with Gasteiger partial charge in [0.2, 0.25) is 11.8 Å². The van der Waals surface area contributed by atoms with E-state index in [1.807, 2.05) is 42.5 Å². The molecule has 0 fully saturated rings. The maximum Gasteiger partial charge on any atom is 0.241 e. The van der Waals surface area contributed by atoms with Gasteiger partial charge in [0.05, 0.1) is 25.4 Å². The zero-order chi connectivity index (χ0) is 21.7. The Kier molecular flexibility index (Phi) is 6.92. The Labute approximate surface area is 180 Å². The van der Waals surface area contributed by atoms with Gasteiger partial charge in [0.1, 0.15) is 5.75 Å². The third kappa shape index (κ3) is 5.28. The first-order valence-corrected chi connectivity index (χ1v) is 9.88. The van der Waals surface area contributed by atoms with E-state index in [0.717, 1.165) is 10.8 Å². The minimum atomic E-state index is -0.511. The highest BCUT2D eigenvalue weighted by molar-refractivity contribution is 6.31. The number of fused-ring (bicyclic) bond motifs is 1. The first-order chi connectivity index (χ1) is 14.4. The third-order valence-corrected chi connectivity index (χ3v) is 5.12. The zero-order valence-corrected chi connectivity index (χ0v) is 17.9. The number of benzene rings is 3. The first-order valence-electron chi connectivity index (χ1n) is 9.50. The molecule has 7 heteroatoms. The fourth-order valence-corrected chi connectivity index (χ4v) is 3.22. The summed E-state index contributed by atoms with van der Waals surface area (Å²) in [6.45, 7) is 1.78. The van der Waals surface area contributed by atoms with E-state index in [0.29, 0.717) is 22.1 Å². The molecule has 0 radical (unpaired) electrons. The zero-order valence-electron chi connectivity index (χ0n) is 17.1. The molecule has 0 aliphatic carbocycles. The van der Waals surface area contributed by atoms with Crippen molar-refractivity contribution in [1.29, 1.82) is 0 Å². The van der Waals surface area contributed by atoms with Gasteiger partial charge in [-0.1, -0.05) is 41.9 Å². The molecule has 3 aromatic carbocycles. The van der Waals surface area contributed by atoms with Crippen LogP contribution in [0.3, 0.4) is 0 Å². The molecular formula is C23H24ClN3O3. The molecule has 0 bridgehead atoms. The van der Waals surface area contributed by atoms with Crippen molar-refractivity contribution in [1.82, 2.24) is 4.90 Å². The number of carbonyl (C=O) groups is 2. The Morgan fingerprint density at radius 1 is 1.03 bits per heavy atom. The van der Waals surface area contributed by atoms with Crippen LogP contribution >= 0.6 is 11.6 Å². The van der Waals surface area contributed by atoms with Crippen LogP contribution in [0.5, 0.6) is 5.75 Å². The molecule has 0 heterocycles. The second kappa shape index (κ2) is 9.61. The lowest BCUT2D eigenvalue weighted by Gasteiger charge is -2.23. The summed E-state index contributed by atoms with van der Waals surface area (Å²) >= 11 is 6.00. The summed E-state index contributed by atoms with van der Waals surface area (Å²) in [5.74, 6) is 0.0434.